The number of hydrogen-bond donors (Lipinski definition) is 0. The Morgan fingerprint density at radius 1 is 1.09 bits per heavy atom. The minimum atomic E-state index is -4.61. The average molecular weight is 471 g/mol. The Morgan fingerprint density at radius 3 is 2.44 bits per heavy atom. The molecule has 0 saturated carbocycles. The highest BCUT2D eigenvalue weighted by Gasteiger charge is 2.31. The first-order valence-electron chi connectivity index (χ1n) is 9.56. The standard InChI is InChI=1S/C21H20F3NO6S/c1-14-5-6-17(32(28,29)25-7-9-30-10-8-25)12-18(14)20(27)31-13-19(26)15-3-2-4-16(11-15)21(22,23)24/h2-6,11-12H,7-10,13H2,1H3. The second kappa shape index (κ2) is 9.39. The van der Waals surface area contributed by atoms with Crippen LogP contribution in [-0.4, -0.2) is 57.4 Å². The highest BCUT2D eigenvalue weighted by molar-refractivity contribution is 7.89. The number of ether oxygens (including phenoxy) is 2. The number of alkyl halides is 3. The average Bonchev–Trinajstić information content (AvgIpc) is 2.77. The molecule has 172 valence electrons. The van der Waals surface area contributed by atoms with E-state index in [-0.39, 0.29) is 42.3 Å². The molecule has 0 atom stereocenters. The van der Waals surface area contributed by atoms with Gasteiger partial charge in [0.1, 0.15) is 0 Å². The molecule has 0 unspecified atom stereocenters. The van der Waals surface area contributed by atoms with E-state index in [1.54, 1.807) is 6.92 Å². The Hall–Kier alpha value is -2.76. The van der Waals surface area contributed by atoms with Crippen molar-refractivity contribution in [2.45, 2.75) is 18.0 Å². The summed E-state index contributed by atoms with van der Waals surface area (Å²) in [6, 6.07) is 7.75. The van der Waals surface area contributed by atoms with E-state index in [9.17, 15) is 31.2 Å². The Kier molecular flexibility index (Phi) is 7.01. The van der Waals surface area contributed by atoms with Gasteiger partial charge >= 0.3 is 12.1 Å². The number of ketones is 1. The second-order valence-corrected chi connectivity index (χ2v) is 9.01. The molecule has 0 amide bonds. The number of sulfonamides is 1. The van der Waals surface area contributed by atoms with Gasteiger partial charge in [-0.1, -0.05) is 18.2 Å². The van der Waals surface area contributed by atoms with Crippen LogP contribution in [0.1, 0.15) is 31.8 Å². The number of nitrogens with zero attached hydrogens (tertiary/aromatic N) is 1. The third-order valence-corrected chi connectivity index (χ3v) is 6.78. The Bertz CT molecular complexity index is 1120. The van der Waals surface area contributed by atoms with E-state index >= 15 is 0 Å². The van der Waals surface area contributed by atoms with E-state index < -0.39 is 40.1 Å². The second-order valence-electron chi connectivity index (χ2n) is 7.07. The quantitative estimate of drug-likeness (QED) is 0.475. The predicted octanol–water partition coefficient (Wildman–Crippen LogP) is 3.07. The molecule has 0 aliphatic carbocycles. The third-order valence-electron chi connectivity index (χ3n) is 4.88. The lowest BCUT2D eigenvalue weighted by Gasteiger charge is -2.26. The summed E-state index contributed by atoms with van der Waals surface area (Å²) in [4.78, 5) is 24.6. The van der Waals surface area contributed by atoms with Gasteiger partial charge in [-0.25, -0.2) is 13.2 Å². The minimum absolute atomic E-state index is 0.0591. The number of morpholine rings is 1. The van der Waals surface area contributed by atoms with Crippen molar-refractivity contribution in [1.82, 2.24) is 4.31 Å². The molecule has 0 spiro atoms. The van der Waals surface area contributed by atoms with Crippen molar-refractivity contribution in [2.24, 2.45) is 0 Å². The van der Waals surface area contributed by atoms with Crippen molar-refractivity contribution in [2.75, 3.05) is 32.9 Å². The zero-order valence-corrected chi connectivity index (χ0v) is 17.8. The number of esters is 1. The van der Waals surface area contributed by atoms with Crippen LogP contribution in [-0.2, 0) is 25.7 Å². The zero-order valence-electron chi connectivity index (χ0n) is 17.0. The van der Waals surface area contributed by atoms with Crippen molar-refractivity contribution < 1.29 is 40.7 Å². The molecule has 1 aliphatic heterocycles. The molecular weight excluding hydrogens is 451 g/mol. The van der Waals surface area contributed by atoms with Gasteiger partial charge in [0.25, 0.3) is 0 Å². The third kappa shape index (κ3) is 5.34. The van der Waals surface area contributed by atoms with Gasteiger partial charge in [-0.3, -0.25) is 4.79 Å². The summed E-state index contributed by atoms with van der Waals surface area (Å²) in [5.41, 5.74) is -0.891. The Labute approximate surface area is 182 Å². The van der Waals surface area contributed by atoms with Crippen LogP contribution in [0.15, 0.2) is 47.4 Å². The highest BCUT2D eigenvalue weighted by atomic mass is 32.2. The van der Waals surface area contributed by atoms with Crippen molar-refractivity contribution in [3.05, 3.63) is 64.7 Å². The molecule has 1 saturated heterocycles. The number of rotatable bonds is 6. The van der Waals surface area contributed by atoms with E-state index in [0.717, 1.165) is 18.2 Å². The first-order chi connectivity index (χ1) is 15.0. The van der Waals surface area contributed by atoms with Crippen molar-refractivity contribution in [1.29, 1.82) is 0 Å². The first-order valence-corrected chi connectivity index (χ1v) is 11.0. The number of carbonyl (C=O) groups is 2. The van der Waals surface area contributed by atoms with Gasteiger partial charge in [0.05, 0.1) is 29.2 Å². The van der Waals surface area contributed by atoms with Crippen LogP contribution >= 0.6 is 0 Å². The zero-order chi connectivity index (χ0) is 23.5. The van der Waals surface area contributed by atoms with Crippen molar-refractivity contribution >= 4 is 21.8 Å². The van der Waals surface area contributed by atoms with E-state index in [2.05, 4.69) is 0 Å². The fourth-order valence-corrected chi connectivity index (χ4v) is 4.51. The summed E-state index contributed by atoms with van der Waals surface area (Å²) in [6.07, 6.45) is -4.61. The van der Waals surface area contributed by atoms with E-state index in [1.165, 1.54) is 22.5 Å². The number of hydrogen-bond acceptors (Lipinski definition) is 6. The number of benzene rings is 2. The van der Waals surface area contributed by atoms with Crippen molar-refractivity contribution in [3.63, 3.8) is 0 Å². The number of halogens is 3. The summed E-state index contributed by atoms with van der Waals surface area (Å²) < 4.78 is 75.5. The summed E-state index contributed by atoms with van der Waals surface area (Å²) in [5, 5.41) is 0. The summed E-state index contributed by atoms with van der Waals surface area (Å²) in [6.45, 7) is 1.66. The molecule has 0 radical (unpaired) electrons. The Morgan fingerprint density at radius 2 is 1.78 bits per heavy atom. The number of aryl methyl sites for hydroxylation is 1. The normalized spacial score (nSPS) is 15.4. The van der Waals surface area contributed by atoms with Gasteiger partial charge < -0.3 is 9.47 Å². The van der Waals surface area contributed by atoms with Gasteiger partial charge in [-0.05, 0) is 36.8 Å². The van der Waals surface area contributed by atoms with Crippen LogP contribution in [0.2, 0.25) is 0 Å². The van der Waals surface area contributed by atoms with Gasteiger partial charge in [-0.2, -0.15) is 17.5 Å². The smallest absolute Gasteiger partial charge is 0.416 e. The maximum absolute atomic E-state index is 12.8. The summed E-state index contributed by atoms with van der Waals surface area (Å²) >= 11 is 0. The van der Waals surface area contributed by atoms with Gasteiger partial charge in [0, 0.05) is 18.7 Å². The molecule has 1 aliphatic rings. The largest absolute Gasteiger partial charge is 0.454 e. The van der Waals surface area contributed by atoms with Crippen LogP contribution in [0, 0.1) is 6.92 Å². The topological polar surface area (TPSA) is 90.0 Å². The molecule has 11 heteroatoms. The lowest BCUT2D eigenvalue weighted by Crippen LogP contribution is -2.40. The molecule has 7 nitrogen and oxygen atoms in total. The molecular formula is C21H20F3NO6S. The van der Waals surface area contributed by atoms with Crippen LogP contribution in [0.4, 0.5) is 13.2 Å². The molecule has 3 rings (SSSR count). The van der Waals surface area contributed by atoms with Crippen LogP contribution in [0.3, 0.4) is 0 Å². The maximum atomic E-state index is 12.8. The monoisotopic (exact) mass is 471 g/mol. The lowest BCUT2D eigenvalue weighted by atomic mass is 10.1. The number of carbonyl (C=O) groups excluding carboxylic acids is 2. The fourth-order valence-electron chi connectivity index (χ4n) is 3.08. The van der Waals surface area contributed by atoms with Crippen LogP contribution in [0.5, 0.6) is 0 Å². The van der Waals surface area contributed by atoms with Gasteiger partial charge in [0.15, 0.2) is 12.4 Å². The van der Waals surface area contributed by atoms with Crippen molar-refractivity contribution in [3.8, 4) is 0 Å². The lowest BCUT2D eigenvalue weighted by molar-refractivity contribution is -0.137. The molecule has 1 fully saturated rings. The minimum Gasteiger partial charge on any atom is -0.454 e. The predicted molar refractivity (Wildman–Crippen MR) is 107 cm³/mol. The van der Waals surface area contributed by atoms with Crippen LogP contribution < -0.4 is 0 Å². The molecule has 0 aromatic heterocycles. The van der Waals surface area contributed by atoms with E-state index in [4.69, 9.17) is 9.47 Å². The first kappa shape index (κ1) is 23.9. The molecule has 2 aromatic carbocycles. The number of Topliss-reactive ketones (excluding diaryl/α,β-unsaturated/α-hetero) is 1. The van der Waals surface area contributed by atoms with E-state index in [0.29, 0.717) is 11.6 Å². The SMILES string of the molecule is Cc1ccc(S(=O)(=O)N2CCOCC2)cc1C(=O)OCC(=O)c1cccc(C(F)(F)F)c1. The van der Waals surface area contributed by atoms with E-state index in [1.807, 2.05) is 0 Å². The molecule has 2 aromatic rings. The molecule has 0 bridgehead atoms. The van der Waals surface area contributed by atoms with Crippen LogP contribution in [0.25, 0.3) is 0 Å². The fraction of sp³-hybridized carbons (Fsp3) is 0.333. The maximum Gasteiger partial charge on any atom is 0.416 e. The van der Waals surface area contributed by atoms with Gasteiger partial charge in [0.2, 0.25) is 10.0 Å². The highest BCUT2D eigenvalue weighted by Crippen LogP contribution is 2.29. The Balaban J connectivity index is 1.74. The molecule has 32 heavy (non-hydrogen) atoms. The summed E-state index contributed by atoms with van der Waals surface area (Å²) in [7, 11) is -3.86. The molecule has 0 N–H and O–H groups in total. The summed E-state index contributed by atoms with van der Waals surface area (Å²) in [5.74, 6) is -1.78. The van der Waals surface area contributed by atoms with Gasteiger partial charge in [-0.15, -0.1) is 0 Å². The molecule has 1 heterocycles.